The predicted molar refractivity (Wildman–Crippen MR) is 253 cm³/mol. The maximum absolute atomic E-state index is 14.1. The van der Waals surface area contributed by atoms with Crippen LogP contribution in [0.1, 0.15) is 85.6 Å². The van der Waals surface area contributed by atoms with E-state index in [0.29, 0.717) is 44.5 Å². The summed E-state index contributed by atoms with van der Waals surface area (Å²) in [4.78, 5) is 63.2. The monoisotopic (exact) mass is 960 g/mol. The maximum atomic E-state index is 14.1. The van der Waals surface area contributed by atoms with Crippen molar-refractivity contribution >= 4 is 69.5 Å². The highest BCUT2D eigenvalue weighted by molar-refractivity contribution is 5.99. The zero-order chi connectivity index (χ0) is 49.7. The molecule has 362 valence electrons. The first-order valence-corrected chi connectivity index (χ1v) is 21.9. The van der Waals surface area contributed by atoms with Crippen molar-refractivity contribution in [3.63, 3.8) is 0 Å². The third kappa shape index (κ3) is 11.0. The summed E-state index contributed by atoms with van der Waals surface area (Å²) in [5.41, 5.74) is 8.37. The molecular formula is C47H46F2N12O9. The zero-order valence-corrected chi connectivity index (χ0v) is 37.8. The molecule has 2 aliphatic carbocycles. The smallest absolute Gasteiger partial charge is 0.412 e. The van der Waals surface area contributed by atoms with E-state index in [0.717, 1.165) is 35.2 Å². The van der Waals surface area contributed by atoms with Gasteiger partial charge in [-0.05, 0) is 81.1 Å². The standard InChI is InChI=1S/C27H29FN6O6.C20H17FN6O3/c1-26(2,3)40-25(35)32-20-9-8-16(28)14-21(20)31-24-29-15-22(34(36)37)23(33-24)30-19-10-11-27(38-12-13-39-27)18-7-5-4-6-17(18)19;21-11-5-6-14(22)16(9-11)25-20-23-10-17(27(29)30)19(26-20)24-15-7-8-18(28)13-4-2-1-3-12(13)15/h4-9,14-15,19H,10-13H2,1-3H3,(H,32,35)(H2,29,30,31,33);1-6,9-10,15H,7-8,22H2,(H2,23,24,25,26). The van der Waals surface area contributed by atoms with Crippen LogP contribution in [0.2, 0.25) is 0 Å². The third-order valence-electron chi connectivity index (χ3n) is 11.2. The van der Waals surface area contributed by atoms with Crippen molar-refractivity contribution in [3.05, 3.63) is 151 Å². The molecular weight excluding hydrogens is 915 g/mol. The Balaban J connectivity index is 0.000000196. The number of nitrogens with two attached hydrogens (primary N) is 1. The molecule has 2 unspecified atom stereocenters. The van der Waals surface area contributed by atoms with Gasteiger partial charge in [-0.25, -0.2) is 23.5 Å². The Hall–Kier alpha value is -8.44. The van der Waals surface area contributed by atoms with Crippen molar-refractivity contribution < 1.29 is 42.4 Å². The molecule has 70 heavy (non-hydrogen) atoms. The SMILES string of the molecule is CC(C)(C)OC(=O)Nc1ccc(F)cc1Nc1ncc([N+](=O)[O-])c(NC2CCC3(OCCO3)c3ccccc32)n1.Nc1ccc(F)cc1Nc1ncc([N+](=O)[O-])c(NC2CCC(=O)c3ccccc32)n1. The molecule has 21 nitrogen and oxygen atoms in total. The summed E-state index contributed by atoms with van der Waals surface area (Å²) in [6.45, 7) is 6.13. The number of anilines is 8. The highest BCUT2D eigenvalue weighted by Gasteiger charge is 2.45. The number of benzene rings is 4. The van der Waals surface area contributed by atoms with Crippen LogP contribution < -0.4 is 32.3 Å². The lowest BCUT2D eigenvalue weighted by Gasteiger charge is -2.37. The van der Waals surface area contributed by atoms with Crippen LogP contribution in [0.4, 0.5) is 71.2 Å². The van der Waals surface area contributed by atoms with E-state index in [1.54, 1.807) is 39.0 Å². The second kappa shape index (κ2) is 20.0. The number of hydrogen-bond donors (Lipinski definition) is 6. The van der Waals surface area contributed by atoms with Gasteiger partial charge in [0.05, 0.1) is 57.9 Å². The lowest BCUT2D eigenvalue weighted by molar-refractivity contribution is -0.384. The number of carbonyl (C=O) groups is 2. The number of hydrogen-bond acceptors (Lipinski definition) is 18. The minimum atomic E-state index is -0.825. The summed E-state index contributed by atoms with van der Waals surface area (Å²) in [5.74, 6) is -1.95. The number of halogens is 2. The van der Waals surface area contributed by atoms with Gasteiger partial charge in [0, 0.05) is 24.0 Å². The lowest BCUT2D eigenvalue weighted by atomic mass is 9.83. The molecule has 2 atom stereocenters. The quantitative estimate of drug-likeness (QED) is 0.0400. The minimum absolute atomic E-state index is 0.0124. The van der Waals surface area contributed by atoms with Gasteiger partial charge in [-0.1, -0.05) is 48.5 Å². The molecule has 0 bridgehead atoms. The summed E-state index contributed by atoms with van der Waals surface area (Å²) in [7, 11) is 0. The molecule has 7 N–H and O–H groups in total. The molecule has 0 saturated carbocycles. The first kappa shape index (κ1) is 48.0. The number of ether oxygens (including phenoxy) is 3. The number of rotatable bonds is 11. The minimum Gasteiger partial charge on any atom is -0.444 e. The number of carbonyl (C=O) groups excluding carboxylic acids is 2. The maximum Gasteiger partial charge on any atom is 0.412 e. The van der Waals surface area contributed by atoms with Crippen LogP contribution in [0, 0.1) is 31.9 Å². The Bertz CT molecular complexity index is 2990. The molecule has 2 aromatic heterocycles. The van der Waals surface area contributed by atoms with Crippen LogP contribution in [0.15, 0.2) is 97.3 Å². The molecule has 3 aliphatic rings. The number of nitro groups is 2. The van der Waals surface area contributed by atoms with Gasteiger partial charge in [0.2, 0.25) is 23.5 Å². The van der Waals surface area contributed by atoms with Crippen LogP contribution in [-0.4, -0.2) is 60.5 Å². The Morgan fingerprint density at radius 2 is 1.33 bits per heavy atom. The van der Waals surface area contributed by atoms with Crippen molar-refractivity contribution in [2.24, 2.45) is 0 Å². The zero-order valence-electron chi connectivity index (χ0n) is 37.8. The van der Waals surface area contributed by atoms with E-state index in [2.05, 4.69) is 46.5 Å². The van der Waals surface area contributed by atoms with Crippen molar-refractivity contribution in [1.29, 1.82) is 0 Å². The first-order valence-electron chi connectivity index (χ1n) is 21.9. The summed E-state index contributed by atoms with van der Waals surface area (Å²) >= 11 is 0. The van der Waals surface area contributed by atoms with Gasteiger partial charge in [0.25, 0.3) is 0 Å². The molecule has 23 heteroatoms. The number of nitrogens with one attached hydrogen (secondary N) is 5. The Morgan fingerprint density at radius 3 is 1.96 bits per heavy atom. The van der Waals surface area contributed by atoms with E-state index in [-0.39, 0.29) is 75.5 Å². The molecule has 1 aliphatic heterocycles. The van der Waals surface area contributed by atoms with E-state index >= 15 is 0 Å². The van der Waals surface area contributed by atoms with E-state index in [1.807, 2.05) is 30.3 Å². The summed E-state index contributed by atoms with van der Waals surface area (Å²) in [6, 6.07) is 21.5. The van der Waals surface area contributed by atoms with E-state index in [4.69, 9.17) is 19.9 Å². The normalized spacial score (nSPS) is 16.7. The van der Waals surface area contributed by atoms with Crippen molar-refractivity contribution in [3.8, 4) is 0 Å². The average molecular weight is 961 g/mol. The van der Waals surface area contributed by atoms with Gasteiger partial charge in [-0.2, -0.15) is 9.97 Å². The van der Waals surface area contributed by atoms with Crippen LogP contribution in [-0.2, 0) is 20.0 Å². The second-order valence-electron chi connectivity index (χ2n) is 17.2. The van der Waals surface area contributed by atoms with Crippen molar-refractivity contribution in [2.75, 3.05) is 45.5 Å². The number of amides is 1. The molecule has 6 aromatic rings. The van der Waals surface area contributed by atoms with Crippen molar-refractivity contribution in [2.45, 2.75) is 69.9 Å². The molecule has 9 rings (SSSR count). The molecule has 4 aromatic carbocycles. The van der Waals surface area contributed by atoms with Crippen LogP contribution in [0.5, 0.6) is 0 Å². The van der Waals surface area contributed by atoms with E-state index in [1.165, 1.54) is 30.3 Å². The highest BCUT2D eigenvalue weighted by atomic mass is 19.1. The summed E-state index contributed by atoms with van der Waals surface area (Å²) in [6.07, 6.45) is 3.29. The number of nitrogens with zero attached hydrogens (tertiary/aromatic N) is 6. The molecule has 1 saturated heterocycles. The van der Waals surface area contributed by atoms with Gasteiger partial charge >= 0.3 is 17.5 Å². The van der Waals surface area contributed by atoms with Gasteiger partial charge in [-0.3, -0.25) is 30.3 Å². The highest BCUT2D eigenvalue weighted by Crippen LogP contribution is 2.47. The Labute approximate surface area is 397 Å². The summed E-state index contributed by atoms with van der Waals surface area (Å²) < 4.78 is 44.9. The number of aromatic nitrogens is 4. The molecule has 0 radical (unpaired) electrons. The molecule has 3 heterocycles. The average Bonchev–Trinajstić information content (AvgIpc) is 3.79. The largest absolute Gasteiger partial charge is 0.444 e. The van der Waals surface area contributed by atoms with Gasteiger partial charge < -0.3 is 41.2 Å². The summed E-state index contributed by atoms with van der Waals surface area (Å²) in [5, 5.41) is 37.8. The fourth-order valence-corrected chi connectivity index (χ4v) is 8.15. The Kier molecular flexibility index (Phi) is 13.7. The van der Waals surface area contributed by atoms with E-state index in [9.17, 15) is 38.6 Å². The predicted octanol–water partition coefficient (Wildman–Crippen LogP) is 9.74. The van der Waals surface area contributed by atoms with Gasteiger partial charge in [0.1, 0.15) is 29.6 Å². The number of nitrogen functional groups attached to an aromatic ring is 1. The van der Waals surface area contributed by atoms with Crippen LogP contribution in [0.25, 0.3) is 0 Å². The first-order chi connectivity index (χ1) is 33.4. The van der Waals surface area contributed by atoms with Crippen LogP contribution in [0.3, 0.4) is 0 Å². The number of fused-ring (bicyclic) bond motifs is 3. The topological polar surface area (TPSA) is 286 Å². The molecule has 1 amide bonds. The fourth-order valence-electron chi connectivity index (χ4n) is 8.15. The van der Waals surface area contributed by atoms with Gasteiger partial charge in [-0.15, -0.1) is 0 Å². The molecule has 1 spiro atoms. The van der Waals surface area contributed by atoms with Crippen molar-refractivity contribution in [1.82, 2.24) is 19.9 Å². The lowest BCUT2D eigenvalue weighted by Crippen LogP contribution is -2.35. The number of Topliss-reactive ketones (excluding diaryl/α,β-unsaturated/α-hetero) is 1. The molecule has 1 fully saturated rings. The van der Waals surface area contributed by atoms with Crippen LogP contribution >= 0.6 is 0 Å². The third-order valence-corrected chi connectivity index (χ3v) is 11.2. The van der Waals surface area contributed by atoms with Gasteiger partial charge in [0.15, 0.2) is 11.6 Å². The number of ketones is 1. The van der Waals surface area contributed by atoms with E-state index < -0.39 is 39.0 Å². The fraction of sp³-hybridized carbons (Fsp3) is 0.277. The second-order valence-corrected chi connectivity index (χ2v) is 17.2. The Morgan fingerprint density at radius 1 is 0.771 bits per heavy atom.